The molecule has 0 aliphatic rings. The van der Waals surface area contributed by atoms with Gasteiger partial charge in [0.2, 0.25) is 0 Å². The Labute approximate surface area is 128 Å². The monoisotopic (exact) mass is 301 g/mol. The van der Waals surface area contributed by atoms with Crippen LogP contribution in [0.4, 0.5) is 5.82 Å². The molecule has 22 heavy (non-hydrogen) atoms. The number of H-pyrrole nitrogens is 1. The van der Waals surface area contributed by atoms with E-state index in [1.165, 1.54) is 6.07 Å². The van der Waals surface area contributed by atoms with E-state index in [0.717, 1.165) is 0 Å². The average molecular weight is 301 g/mol. The van der Waals surface area contributed by atoms with Gasteiger partial charge in [-0.1, -0.05) is 0 Å². The first-order valence-corrected chi connectivity index (χ1v) is 7.13. The predicted molar refractivity (Wildman–Crippen MR) is 84.0 cm³/mol. The van der Waals surface area contributed by atoms with E-state index in [1.54, 1.807) is 25.3 Å². The highest BCUT2D eigenvalue weighted by Gasteiger charge is 2.05. The Balaban J connectivity index is 1.95. The largest absolute Gasteiger partial charge is 0.370 e. The first-order chi connectivity index (χ1) is 10.6. The maximum Gasteiger partial charge on any atom is 0.251 e. The highest BCUT2D eigenvalue weighted by atomic mass is 16.1. The number of aryl methyl sites for hydroxylation is 1. The minimum Gasteiger partial charge on any atom is -0.370 e. The smallest absolute Gasteiger partial charge is 0.251 e. The number of pyridine rings is 1. The van der Waals surface area contributed by atoms with Crippen molar-refractivity contribution < 1.29 is 4.79 Å². The van der Waals surface area contributed by atoms with Crippen LogP contribution in [0.2, 0.25) is 0 Å². The van der Waals surface area contributed by atoms with Crippen LogP contribution in [-0.4, -0.2) is 33.9 Å². The third-order valence-electron chi connectivity index (χ3n) is 2.95. The van der Waals surface area contributed by atoms with E-state index >= 15 is 0 Å². The van der Waals surface area contributed by atoms with Crippen molar-refractivity contribution in [1.82, 2.24) is 20.3 Å². The summed E-state index contributed by atoms with van der Waals surface area (Å²) in [4.78, 5) is 34.2. The van der Waals surface area contributed by atoms with E-state index in [9.17, 15) is 9.59 Å². The highest BCUT2D eigenvalue weighted by molar-refractivity contribution is 5.94. The molecule has 0 saturated heterocycles. The van der Waals surface area contributed by atoms with Crippen LogP contribution in [0.1, 0.15) is 28.8 Å². The van der Waals surface area contributed by atoms with Crippen molar-refractivity contribution in [1.29, 1.82) is 0 Å². The molecule has 0 bridgehead atoms. The first-order valence-electron chi connectivity index (χ1n) is 7.13. The van der Waals surface area contributed by atoms with E-state index in [1.807, 2.05) is 6.92 Å². The molecule has 0 fully saturated rings. The number of aromatic amines is 1. The molecule has 2 rings (SSSR count). The van der Waals surface area contributed by atoms with E-state index in [2.05, 4.69) is 25.6 Å². The van der Waals surface area contributed by atoms with Crippen LogP contribution in [0.5, 0.6) is 0 Å². The molecule has 116 valence electrons. The van der Waals surface area contributed by atoms with Gasteiger partial charge in [0.15, 0.2) is 0 Å². The van der Waals surface area contributed by atoms with Gasteiger partial charge in [0.05, 0.1) is 0 Å². The van der Waals surface area contributed by atoms with Crippen molar-refractivity contribution >= 4 is 11.7 Å². The van der Waals surface area contributed by atoms with Crippen molar-refractivity contribution in [2.45, 2.75) is 20.3 Å². The maximum atomic E-state index is 11.8. The van der Waals surface area contributed by atoms with Crippen LogP contribution < -0.4 is 16.2 Å². The molecule has 7 nitrogen and oxygen atoms in total. The van der Waals surface area contributed by atoms with Crippen molar-refractivity contribution in [3.05, 3.63) is 51.8 Å². The van der Waals surface area contributed by atoms with Gasteiger partial charge in [0.1, 0.15) is 11.6 Å². The summed E-state index contributed by atoms with van der Waals surface area (Å²) in [6.07, 6.45) is 2.14. The van der Waals surface area contributed by atoms with Crippen LogP contribution in [0.3, 0.4) is 0 Å². The van der Waals surface area contributed by atoms with Crippen LogP contribution in [0.15, 0.2) is 29.2 Å². The molecule has 1 amide bonds. The number of nitrogens with zero attached hydrogens (tertiary/aromatic N) is 2. The molecule has 0 atom stereocenters. The van der Waals surface area contributed by atoms with E-state index in [-0.39, 0.29) is 11.5 Å². The number of carbonyl (C=O) groups is 1. The van der Waals surface area contributed by atoms with Gasteiger partial charge in [-0.25, -0.2) is 9.97 Å². The van der Waals surface area contributed by atoms with E-state index < -0.39 is 0 Å². The summed E-state index contributed by atoms with van der Waals surface area (Å²) in [5, 5.41) is 5.86. The molecule has 0 radical (unpaired) electrons. The normalized spacial score (nSPS) is 10.3. The molecule has 3 N–H and O–H groups in total. The van der Waals surface area contributed by atoms with Crippen molar-refractivity contribution in [3.63, 3.8) is 0 Å². The Kier molecular flexibility index (Phi) is 5.24. The molecule has 0 aliphatic carbocycles. The third-order valence-corrected chi connectivity index (χ3v) is 2.95. The summed E-state index contributed by atoms with van der Waals surface area (Å²) in [6, 6.07) is 4.81. The molecule has 2 aromatic heterocycles. The molecule has 0 aromatic carbocycles. The highest BCUT2D eigenvalue weighted by Crippen LogP contribution is 2.06. The fourth-order valence-electron chi connectivity index (χ4n) is 2.00. The van der Waals surface area contributed by atoms with Gasteiger partial charge in [-0.05, 0) is 26.0 Å². The Bertz CT molecular complexity index is 711. The predicted octanol–water partition coefficient (Wildman–Crippen LogP) is 0.878. The van der Waals surface area contributed by atoms with Gasteiger partial charge in [-0.3, -0.25) is 9.59 Å². The molecule has 2 aromatic rings. The molecule has 0 spiro atoms. The Hall–Kier alpha value is -2.70. The molecule has 0 aliphatic heterocycles. The lowest BCUT2D eigenvalue weighted by Crippen LogP contribution is -2.22. The van der Waals surface area contributed by atoms with Crippen LogP contribution in [0.25, 0.3) is 0 Å². The van der Waals surface area contributed by atoms with Gasteiger partial charge in [0.25, 0.3) is 11.5 Å². The van der Waals surface area contributed by atoms with E-state index in [4.69, 9.17) is 0 Å². The van der Waals surface area contributed by atoms with Gasteiger partial charge < -0.3 is 15.6 Å². The molecule has 0 unspecified atom stereocenters. The van der Waals surface area contributed by atoms with E-state index in [0.29, 0.717) is 42.4 Å². The summed E-state index contributed by atoms with van der Waals surface area (Å²) >= 11 is 0. The fraction of sp³-hybridized carbons (Fsp3) is 0.333. The zero-order chi connectivity index (χ0) is 15.9. The van der Waals surface area contributed by atoms with Gasteiger partial charge >= 0.3 is 0 Å². The molecule has 2 heterocycles. The summed E-state index contributed by atoms with van der Waals surface area (Å²) in [5.74, 6) is 1.11. The number of rotatable bonds is 6. The van der Waals surface area contributed by atoms with Crippen molar-refractivity contribution in [2.75, 3.05) is 18.4 Å². The van der Waals surface area contributed by atoms with Crippen LogP contribution >= 0.6 is 0 Å². The van der Waals surface area contributed by atoms with Gasteiger partial charge in [-0.2, -0.15) is 0 Å². The standard InChI is InChI=1S/C15H19N5O2/c1-3-16-15(22)11-4-6-17-13(9-11)18-7-5-12-19-10(2)8-14(21)20-12/h4,6,8-9H,3,5,7H2,1-2H3,(H,16,22)(H,17,18)(H,19,20,21). The van der Waals surface area contributed by atoms with Crippen molar-refractivity contribution in [2.24, 2.45) is 0 Å². The number of nitrogens with one attached hydrogen (secondary N) is 3. The lowest BCUT2D eigenvalue weighted by molar-refractivity contribution is 0.0956. The number of carbonyl (C=O) groups excluding carboxylic acids is 1. The number of anilines is 1. The Morgan fingerprint density at radius 2 is 2.18 bits per heavy atom. The maximum absolute atomic E-state index is 11.8. The van der Waals surface area contributed by atoms with Gasteiger partial charge in [0, 0.05) is 43.0 Å². The number of aromatic nitrogens is 3. The number of hydrogen-bond donors (Lipinski definition) is 3. The average Bonchev–Trinajstić information content (AvgIpc) is 2.47. The second-order valence-electron chi connectivity index (χ2n) is 4.80. The second kappa shape index (κ2) is 7.35. The third kappa shape index (κ3) is 4.41. The van der Waals surface area contributed by atoms with Crippen molar-refractivity contribution in [3.8, 4) is 0 Å². The summed E-state index contributed by atoms with van der Waals surface area (Å²) in [6.45, 7) is 4.78. The van der Waals surface area contributed by atoms with Gasteiger partial charge in [-0.15, -0.1) is 0 Å². The minimum atomic E-state index is -0.154. The van der Waals surface area contributed by atoms with Crippen LogP contribution in [-0.2, 0) is 6.42 Å². The quantitative estimate of drug-likeness (QED) is 0.735. The Morgan fingerprint density at radius 3 is 2.91 bits per heavy atom. The lowest BCUT2D eigenvalue weighted by atomic mass is 10.2. The summed E-state index contributed by atoms with van der Waals surface area (Å²) < 4.78 is 0. The zero-order valence-electron chi connectivity index (χ0n) is 12.6. The number of amides is 1. The second-order valence-corrected chi connectivity index (χ2v) is 4.80. The molecule has 0 saturated carbocycles. The SMILES string of the molecule is CCNC(=O)c1ccnc(NCCc2nc(C)cc(=O)[nH]2)c1. The molecular formula is C15H19N5O2. The lowest BCUT2D eigenvalue weighted by Gasteiger charge is -2.07. The zero-order valence-corrected chi connectivity index (χ0v) is 12.6. The summed E-state index contributed by atoms with van der Waals surface area (Å²) in [5.41, 5.74) is 1.09. The number of hydrogen-bond acceptors (Lipinski definition) is 5. The summed E-state index contributed by atoms with van der Waals surface area (Å²) in [7, 11) is 0. The molecular weight excluding hydrogens is 282 g/mol. The first kappa shape index (κ1) is 15.7. The molecule has 7 heteroatoms. The topological polar surface area (TPSA) is 99.8 Å². The van der Waals surface area contributed by atoms with Crippen LogP contribution in [0, 0.1) is 6.92 Å². The fourth-order valence-corrected chi connectivity index (χ4v) is 2.00. The Morgan fingerprint density at radius 1 is 1.36 bits per heavy atom. The minimum absolute atomic E-state index is 0.127.